The maximum atomic E-state index is 13.5. The van der Waals surface area contributed by atoms with Crippen LogP contribution in [0.25, 0.3) is 0 Å². The highest BCUT2D eigenvalue weighted by Crippen LogP contribution is 2.39. The maximum absolute atomic E-state index is 13.5. The first-order chi connectivity index (χ1) is 18.4. The predicted molar refractivity (Wildman–Crippen MR) is 140 cm³/mol. The number of morpholine rings is 1. The molecule has 2 aromatic carbocycles. The lowest BCUT2D eigenvalue weighted by Crippen LogP contribution is -2.43. The average Bonchev–Trinajstić information content (AvgIpc) is 3.40. The fourth-order valence-electron chi connectivity index (χ4n) is 4.55. The highest BCUT2D eigenvalue weighted by molar-refractivity contribution is 6.06. The highest BCUT2D eigenvalue weighted by Gasteiger charge is 2.34. The molecule has 11 heteroatoms. The van der Waals surface area contributed by atoms with Gasteiger partial charge in [0, 0.05) is 24.5 Å². The van der Waals surface area contributed by atoms with Gasteiger partial charge in [-0.2, -0.15) is 10.1 Å². The summed E-state index contributed by atoms with van der Waals surface area (Å²) in [4.78, 5) is 32.1. The summed E-state index contributed by atoms with van der Waals surface area (Å²) in [5.74, 6) is 1.01. The lowest BCUT2D eigenvalue weighted by molar-refractivity contribution is -0.137. The fraction of sp³-hybridized carbons (Fsp3) is 0.333. The first-order valence-electron chi connectivity index (χ1n) is 12.4. The Bertz CT molecular complexity index is 1360. The zero-order valence-corrected chi connectivity index (χ0v) is 21.6. The summed E-state index contributed by atoms with van der Waals surface area (Å²) >= 11 is 0. The van der Waals surface area contributed by atoms with Crippen molar-refractivity contribution in [1.82, 2.24) is 19.7 Å². The van der Waals surface area contributed by atoms with Gasteiger partial charge in [0.25, 0.3) is 11.8 Å². The predicted octanol–water partition coefficient (Wildman–Crippen LogP) is 2.76. The van der Waals surface area contributed by atoms with Crippen molar-refractivity contribution in [2.45, 2.75) is 19.9 Å². The smallest absolute Gasteiger partial charge is 0.260 e. The second-order valence-corrected chi connectivity index (χ2v) is 9.11. The minimum absolute atomic E-state index is 0.112. The Morgan fingerprint density at radius 3 is 2.61 bits per heavy atom. The van der Waals surface area contributed by atoms with Crippen LogP contribution in [-0.2, 0) is 14.3 Å². The summed E-state index contributed by atoms with van der Waals surface area (Å²) < 4.78 is 18.4. The SMILES string of the molecule is COc1cc(C2C(C(=O)Nc3ccc(C)cc3)=C(C)Nc3ncnn32)ccc1OCC(=O)N1CCOCC1. The van der Waals surface area contributed by atoms with E-state index in [4.69, 9.17) is 14.2 Å². The number of carbonyl (C=O) groups excluding carboxylic acids is 2. The summed E-state index contributed by atoms with van der Waals surface area (Å²) in [6.45, 7) is 5.86. The first kappa shape index (κ1) is 25.3. The first-order valence-corrected chi connectivity index (χ1v) is 12.4. The van der Waals surface area contributed by atoms with Crippen LogP contribution >= 0.6 is 0 Å². The molecule has 1 fully saturated rings. The van der Waals surface area contributed by atoms with Gasteiger partial charge in [-0.1, -0.05) is 23.8 Å². The van der Waals surface area contributed by atoms with Gasteiger partial charge in [-0.3, -0.25) is 9.59 Å². The normalized spacial score (nSPS) is 16.9. The molecule has 1 saturated heterocycles. The maximum Gasteiger partial charge on any atom is 0.260 e. The van der Waals surface area contributed by atoms with Crippen LogP contribution in [0.5, 0.6) is 11.5 Å². The Hall–Kier alpha value is -4.38. The Kier molecular flexibility index (Phi) is 7.27. The number of aryl methyl sites for hydroxylation is 1. The molecule has 0 aliphatic carbocycles. The number of rotatable bonds is 7. The summed E-state index contributed by atoms with van der Waals surface area (Å²) in [6, 6.07) is 12.4. The van der Waals surface area contributed by atoms with Crippen molar-refractivity contribution in [2.24, 2.45) is 0 Å². The molecule has 2 N–H and O–H groups in total. The van der Waals surface area contributed by atoms with Crippen molar-refractivity contribution in [1.29, 1.82) is 0 Å². The van der Waals surface area contributed by atoms with Crippen LogP contribution in [0.1, 0.15) is 24.1 Å². The summed E-state index contributed by atoms with van der Waals surface area (Å²) in [5, 5.41) is 10.5. The van der Waals surface area contributed by atoms with Crippen molar-refractivity contribution in [3.8, 4) is 11.5 Å². The Morgan fingerprint density at radius 2 is 1.87 bits per heavy atom. The van der Waals surface area contributed by atoms with E-state index in [1.54, 1.807) is 21.7 Å². The molecule has 11 nitrogen and oxygen atoms in total. The molecule has 38 heavy (non-hydrogen) atoms. The number of allylic oxidation sites excluding steroid dienone is 1. The molecule has 5 rings (SSSR count). The van der Waals surface area contributed by atoms with E-state index in [-0.39, 0.29) is 18.4 Å². The van der Waals surface area contributed by atoms with Crippen LogP contribution in [0, 0.1) is 6.92 Å². The van der Waals surface area contributed by atoms with Gasteiger partial charge in [0.15, 0.2) is 18.1 Å². The molecule has 0 radical (unpaired) electrons. The Morgan fingerprint density at radius 1 is 1.11 bits per heavy atom. The van der Waals surface area contributed by atoms with Crippen LogP contribution in [0.15, 0.2) is 60.1 Å². The molecule has 198 valence electrons. The van der Waals surface area contributed by atoms with Crippen LogP contribution in [-0.4, -0.2) is 71.5 Å². The molecule has 2 aliphatic rings. The van der Waals surface area contributed by atoms with Gasteiger partial charge in [0.2, 0.25) is 5.95 Å². The van der Waals surface area contributed by atoms with E-state index < -0.39 is 6.04 Å². The molecule has 0 bridgehead atoms. The van der Waals surface area contributed by atoms with Crippen LogP contribution < -0.4 is 20.1 Å². The van der Waals surface area contributed by atoms with E-state index in [2.05, 4.69) is 20.7 Å². The number of anilines is 2. The standard InChI is InChI=1S/C27H30N6O5/c1-17-4-7-20(8-5-17)31-26(35)24-18(2)30-27-28-16-29-33(27)25(24)19-6-9-21(22(14-19)36-3)38-15-23(34)32-10-12-37-13-11-32/h4-9,14,16,25H,10-13,15H2,1-3H3,(H,31,35)(H,28,29,30). The summed E-state index contributed by atoms with van der Waals surface area (Å²) in [7, 11) is 1.53. The molecule has 2 aliphatic heterocycles. The van der Waals surface area contributed by atoms with Crippen molar-refractivity contribution in [3.63, 3.8) is 0 Å². The molecule has 0 saturated carbocycles. The van der Waals surface area contributed by atoms with Gasteiger partial charge in [-0.15, -0.1) is 0 Å². The van der Waals surface area contributed by atoms with E-state index in [0.29, 0.717) is 60.7 Å². The molecule has 0 spiro atoms. The number of aromatic nitrogens is 3. The molecule has 1 aromatic heterocycles. The summed E-state index contributed by atoms with van der Waals surface area (Å²) in [6.07, 6.45) is 1.44. The van der Waals surface area contributed by atoms with Gasteiger partial charge in [0.05, 0.1) is 25.9 Å². The number of fused-ring (bicyclic) bond motifs is 1. The summed E-state index contributed by atoms with van der Waals surface area (Å²) in [5.41, 5.74) is 3.69. The Labute approximate surface area is 220 Å². The van der Waals surface area contributed by atoms with Crippen LogP contribution in [0.2, 0.25) is 0 Å². The van der Waals surface area contributed by atoms with E-state index in [1.165, 1.54) is 13.4 Å². The minimum atomic E-state index is -0.572. The molecule has 3 aromatic rings. The van der Waals surface area contributed by atoms with Gasteiger partial charge >= 0.3 is 0 Å². The lowest BCUT2D eigenvalue weighted by Gasteiger charge is -2.29. The zero-order valence-electron chi connectivity index (χ0n) is 21.6. The third-order valence-corrected chi connectivity index (χ3v) is 6.57. The molecule has 2 amide bonds. The number of ether oxygens (including phenoxy) is 3. The monoisotopic (exact) mass is 518 g/mol. The third kappa shape index (κ3) is 5.18. The quantitative estimate of drug-likeness (QED) is 0.490. The van der Waals surface area contributed by atoms with E-state index >= 15 is 0 Å². The van der Waals surface area contributed by atoms with Crippen molar-refractivity contribution < 1.29 is 23.8 Å². The molecule has 1 atom stereocenters. The Balaban J connectivity index is 1.41. The van der Waals surface area contributed by atoms with Gasteiger partial charge in [-0.25, -0.2) is 4.68 Å². The second-order valence-electron chi connectivity index (χ2n) is 9.11. The number of hydrogen-bond acceptors (Lipinski definition) is 8. The van der Waals surface area contributed by atoms with E-state index in [0.717, 1.165) is 11.1 Å². The largest absolute Gasteiger partial charge is 0.493 e. The molecular formula is C27H30N6O5. The number of nitrogens with zero attached hydrogens (tertiary/aromatic N) is 4. The zero-order chi connectivity index (χ0) is 26.6. The van der Waals surface area contributed by atoms with Crippen molar-refractivity contribution >= 4 is 23.5 Å². The number of amides is 2. The van der Waals surface area contributed by atoms with Gasteiger partial charge in [-0.05, 0) is 43.7 Å². The molecule has 1 unspecified atom stereocenters. The van der Waals surface area contributed by atoms with E-state index in [9.17, 15) is 9.59 Å². The van der Waals surface area contributed by atoms with Crippen LogP contribution in [0.3, 0.4) is 0 Å². The minimum Gasteiger partial charge on any atom is -0.493 e. The number of carbonyl (C=O) groups is 2. The van der Waals surface area contributed by atoms with E-state index in [1.807, 2.05) is 44.2 Å². The molecule has 3 heterocycles. The highest BCUT2D eigenvalue weighted by atomic mass is 16.5. The number of benzene rings is 2. The topological polar surface area (TPSA) is 120 Å². The van der Waals surface area contributed by atoms with Gasteiger partial charge < -0.3 is 29.7 Å². The lowest BCUT2D eigenvalue weighted by atomic mass is 9.94. The third-order valence-electron chi connectivity index (χ3n) is 6.57. The average molecular weight is 519 g/mol. The van der Waals surface area contributed by atoms with Crippen LogP contribution in [0.4, 0.5) is 11.6 Å². The second kappa shape index (κ2) is 10.9. The van der Waals surface area contributed by atoms with Crippen molar-refractivity contribution in [3.05, 3.63) is 71.2 Å². The fourth-order valence-corrected chi connectivity index (χ4v) is 4.55. The number of methoxy groups -OCH3 is 1. The number of nitrogens with one attached hydrogen (secondary N) is 2. The van der Waals surface area contributed by atoms with Gasteiger partial charge in [0.1, 0.15) is 12.4 Å². The number of hydrogen-bond donors (Lipinski definition) is 2. The van der Waals surface area contributed by atoms with Crippen molar-refractivity contribution in [2.75, 3.05) is 50.7 Å². The molecular weight excluding hydrogens is 488 g/mol.